The highest BCUT2D eigenvalue weighted by Crippen LogP contribution is 2.28. The number of nitrogens with one attached hydrogen (secondary N) is 1. The first kappa shape index (κ1) is 15.2. The summed E-state index contributed by atoms with van der Waals surface area (Å²) in [4.78, 5) is 0. The highest BCUT2D eigenvalue weighted by molar-refractivity contribution is 4.97. The highest BCUT2D eigenvalue weighted by atomic mass is 16.6. The minimum absolute atomic E-state index is 0.150. The van der Waals surface area contributed by atoms with Gasteiger partial charge >= 0.3 is 0 Å². The van der Waals surface area contributed by atoms with Gasteiger partial charge in [-0.25, -0.2) is 0 Å². The van der Waals surface area contributed by atoms with E-state index < -0.39 is 0 Å². The maximum atomic E-state index is 5.95. The second-order valence-corrected chi connectivity index (χ2v) is 5.23. The molecule has 0 aromatic heterocycles. The second kappa shape index (κ2) is 8.17. The van der Waals surface area contributed by atoms with Gasteiger partial charge in [0.15, 0.2) is 0 Å². The minimum atomic E-state index is 0.150. The third-order valence-electron chi connectivity index (χ3n) is 3.83. The van der Waals surface area contributed by atoms with Crippen LogP contribution in [0.2, 0.25) is 0 Å². The summed E-state index contributed by atoms with van der Waals surface area (Å²) in [5, 5.41) is 3.44. The molecule has 1 saturated heterocycles. The van der Waals surface area contributed by atoms with Crippen molar-refractivity contribution in [1.29, 1.82) is 0 Å². The molecule has 1 aliphatic carbocycles. The van der Waals surface area contributed by atoms with E-state index in [1.54, 1.807) is 7.11 Å². The molecule has 2 rings (SSSR count). The Balaban J connectivity index is 1.68. The highest BCUT2D eigenvalue weighted by Gasteiger charge is 2.42. The predicted octanol–water partition coefficient (Wildman–Crippen LogP) is 0.964. The number of likely N-dealkylation sites (N-methyl/N-ethyl adjacent to an activating group) is 1. The molecule has 0 amide bonds. The Kier molecular flexibility index (Phi) is 6.53. The lowest BCUT2D eigenvalue weighted by molar-refractivity contribution is -0.162. The Morgan fingerprint density at radius 2 is 2.16 bits per heavy atom. The molecule has 1 saturated carbocycles. The van der Waals surface area contributed by atoms with Crippen molar-refractivity contribution < 1.29 is 18.9 Å². The fourth-order valence-electron chi connectivity index (χ4n) is 2.70. The summed E-state index contributed by atoms with van der Waals surface area (Å²) in [7, 11) is 1.69. The minimum Gasteiger partial charge on any atom is -0.382 e. The van der Waals surface area contributed by atoms with Crippen LogP contribution in [0.15, 0.2) is 0 Å². The number of hydrogen-bond donors (Lipinski definition) is 1. The average molecular weight is 273 g/mol. The fourth-order valence-corrected chi connectivity index (χ4v) is 2.70. The van der Waals surface area contributed by atoms with Crippen molar-refractivity contribution in [3.05, 3.63) is 0 Å². The Morgan fingerprint density at radius 1 is 1.26 bits per heavy atom. The molecular weight excluding hydrogens is 246 g/mol. The summed E-state index contributed by atoms with van der Waals surface area (Å²) in [6.07, 6.45) is 3.95. The van der Waals surface area contributed by atoms with Crippen molar-refractivity contribution in [2.45, 2.75) is 50.5 Å². The lowest BCUT2D eigenvalue weighted by Gasteiger charge is -2.44. The molecule has 5 nitrogen and oxygen atoms in total. The smallest absolute Gasteiger partial charge is 0.0991 e. The van der Waals surface area contributed by atoms with Gasteiger partial charge < -0.3 is 24.3 Å². The van der Waals surface area contributed by atoms with Gasteiger partial charge in [-0.3, -0.25) is 0 Å². The van der Waals surface area contributed by atoms with Crippen LogP contribution in [-0.2, 0) is 18.9 Å². The van der Waals surface area contributed by atoms with Crippen LogP contribution >= 0.6 is 0 Å². The van der Waals surface area contributed by atoms with E-state index in [1.807, 2.05) is 0 Å². The topological polar surface area (TPSA) is 49.0 Å². The first-order valence-corrected chi connectivity index (χ1v) is 7.42. The third-order valence-corrected chi connectivity index (χ3v) is 3.83. The van der Waals surface area contributed by atoms with Crippen LogP contribution in [0.5, 0.6) is 0 Å². The molecule has 2 fully saturated rings. The SMILES string of the molecule is CCNC1CC(OCC2CCCO2)C1OCCOC. The van der Waals surface area contributed by atoms with Crippen LogP contribution in [0.3, 0.4) is 0 Å². The zero-order chi connectivity index (χ0) is 13.5. The van der Waals surface area contributed by atoms with E-state index in [4.69, 9.17) is 18.9 Å². The standard InChI is InChI=1S/C14H27NO4/c1-3-15-12-9-13(14(12)18-8-7-16-2)19-10-11-5-4-6-17-11/h11-15H,3-10H2,1-2H3. The van der Waals surface area contributed by atoms with Crippen molar-refractivity contribution in [2.75, 3.05) is 40.1 Å². The van der Waals surface area contributed by atoms with Crippen molar-refractivity contribution in [1.82, 2.24) is 5.32 Å². The molecule has 2 aliphatic rings. The summed E-state index contributed by atoms with van der Waals surface area (Å²) in [6.45, 7) is 5.93. The van der Waals surface area contributed by atoms with Crippen molar-refractivity contribution >= 4 is 0 Å². The molecule has 112 valence electrons. The molecule has 4 unspecified atom stereocenters. The summed E-state index contributed by atoms with van der Waals surface area (Å²) in [6, 6.07) is 0.413. The van der Waals surface area contributed by atoms with Gasteiger partial charge in [0.1, 0.15) is 0 Å². The Morgan fingerprint density at radius 3 is 2.84 bits per heavy atom. The van der Waals surface area contributed by atoms with Crippen LogP contribution in [0.1, 0.15) is 26.2 Å². The lowest BCUT2D eigenvalue weighted by atomic mass is 9.85. The first-order chi connectivity index (χ1) is 9.35. The molecule has 4 atom stereocenters. The van der Waals surface area contributed by atoms with Gasteiger partial charge in [-0.2, -0.15) is 0 Å². The zero-order valence-corrected chi connectivity index (χ0v) is 12.1. The fraction of sp³-hybridized carbons (Fsp3) is 1.00. The van der Waals surface area contributed by atoms with Gasteiger partial charge in [0, 0.05) is 19.8 Å². The van der Waals surface area contributed by atoms with E-state index in [2.05, 4.69) is 12.2 Å². The molecule has 19 heavy (non-hydrogen) atoms. The van der Waals surface area contributed by atoms with Crippen LogP contribution in [-0.4, -0.2) is 64.4 Å². The molecule has 0 spiro atoms. The Hall–Kier alpha value is -0.200. The van der Waals surface area contributed by atoms with Crippen molar-refractivity contribution in [3.63, 3.8) is 0 Å². The monoisotopic (exact) mass is 273 g/mol. The van der Waals surface area contributed by atoms with E-state index in [1.165, 1.54) is 0 Å². The molecule has 0 bridgehead atoms. The Labute approximate surface area is 115 Å². The van der Waals surface area contributed by atoms with Crippen LogP contribution in [0, 0.1) is 0 Å². The summed E-state index contributed by atoms with van der Waals surface area (Å²) in [5.41, 5.74) is 0. The van der Waals surface area contributed by atoms with E-state index in [0.717, 1.165) is 32.4 Å². The number of methoxy groups -OCH3 is 1. The van der Waals surface area contributed by atoms with Gasteiger partial charge in [0.25, 0.3) is 0 Å². The Bertz CT molecular complexity index is 246. The second-order valence-electron chi connectivity index (χ2n) is 5.23. The number of hydrogen-bond acceptors (Lipinski definition) is 5. The maximum absolute atomic E-state index is 5.95. The van der Waals surface area contributed by atoms with E-state index >= 15 is 0 Å². The number of rotatable bonds is 9. The maximum Gasteiger partial charge on any atom is 0.0991 e. The van der Waals surface area contributed by atoms with E-state index in [-0.39, 0.29) is 18.3 Å². The molecule has 0 radical (unpaired) electrons. The van der Waals surface area contributed by atoms with Gasteiger partial charge in [0.2, 0.25) is 0 Å². The molecule has 5 heteroatoms. The van der Waals surface area contributed by atoms with Crippen LogP contribution in [0.25, 0.3) is 0 Å². The van der Waals surface area contributed by atoms with Crippen LogP contribution in [0.4, 0.5) is 0 Å². The van der Waals surface area contributed by atoms with Crippen LogP contribution < -0.4 is 5.32 Å². The van der Waals surface area contributed by atoms with Gasteiger partial charge in [-0.1, -0.05) is 6.92 Å². The van der Waals surface area contributed by atoms with Crippen molar-refractivity contribution in [2.24, 2.45) is 0 Å². The molecular formula is C14H27NO4. The van der Waals surface area contributed by atoms with E-state index in [9.17, 15) is 0 Å². The largest absolute Gasteiger partial charge is 0.382 e. The summed E-state index contributed by atoms with van der Waals surface area (Å²) < 4.78 is 22.4. The third kappa shape index (κ3) is 4.39. The molecule has 1 heterocycles. The molecule has 1 aliphatic heterocycles. The van der Waals surface area contributed by atoms with Crippen molar-refractivity contribution in [3.8, 4) is 0 Å². The number of ether oxygens (including phenoxy) is 4. The van der Waals surface area contributed by atoms with E-state index in [0.29, 0.717) is 25.9 Å². The normalized spacial score (nSPS) is 34.4. The molecule has 0 aromatic rings. The average Bonchev–Trinajstić information content (AvgIpc) is 2.91. The zero-order valence-electron chi connectivity index (χ0n) is 12.1. The van der Waals surface area contributed by atoms with Gasteiger partial charge in [-0.15, -0.1) is 0 Å². The van der Waals surface area contributed by atoms with Gasteiger partial charge in [0.05, 0.1) is 38.1 Å². The quantitative estimate of drug-likeness (QED) is 0.634. The summed E-state index contributed by atoms with van der Waals surface area (Å²) >= 11 is 0. The molecule has 1 N–H and O–H groups in total. The predicted molar refractivity (Wildman–Crippen MR) is 72.4 cm³/mol. The van der Waals surface area contributed by atoms with Gasteiger partial charge in [-0.05, 0) is 25.8 Å². The molecule has 0 aromatic carbocycles. The lowest BCUT2D eigenvalue weighted by Crippen LogP contribution is -2.60. The summed E-state index contributed by atoms with van der Waals surface area (Å²) in [5.74, 6) is 0. The first-order valence-electron chi connectivity index (χ1n) is 7.42.